The minimum Gasteiger partial charge on any atom is -0.493 e. The van der Waals surface area contributed by atoms with E-state index in [0.29, 0.717) is 30.6 Å². The summed E-state index contributed by atoms with van der Waals surface area (Å²) in [5.74, 6) is 0.0854. The molecule has 2 aromatic rings. The lowest BCUT2D eigenvalue weighted by molar-refractivity contribution is -0.137. The zero-order valence-corrected chi connectivity index (χ0v) is 25.0. The van der Waals surface area contributed by atoms with Crippen LogP contribution in [0.25, 0.3) is 6.08 Å². The Kier molecular flexibility index (Phi) is 11.1. The number of methoxy groups -OCH3 is 1. The van der Waals surface area contributed by atoms with E-state index in [0.717, 1.165) is 25.0 Å². The highest BCUT2D eigenvalue weighted by molar-refractivity contribution is 5.80. The van der Waals surface area contributed by atoms with Gasteiger partial charge in [0.2, 0.25) is 5.91 Å². The molecule has 1 unspecified atom stereocenters. The van der Waals surface area contributed by atoms with Crippen LogP contribution in [-0.2, 0) is 22.1 Å². The second-order valence-corrected chi connectivity index (χ2v) is 11.3. The molecular weight excluding hydrogens is 567 g/mol. The van der Waals surface area contributed by atoms with Gasteiger partial charge in [0.15, 0.2) is 11.5 Å². The van der Waals surface area contributed by atoms with Gasteiger partial charge in [-0.1, -0.05) is 18.2 Å². The number of ether oxygens (including phenoxy) is 3. The number of halogens is 3. The number of likely N-dealkylation sites (tertiary alicyclic amines) is 1. The second-order valence-electron chi connectivity index (χ2n) is 11.3. The molecule has 0 radical (unpaired) electrons. The maximum atomic E-state index is 13.2. The summed E-state index contributed by atoms with van der Waals surface area (Å²) in [6.45, 7) is 6.14. The molecule has 1 saturated heterocycles. The van der Waals surface area contributed by atoms with Crippen LogP contribution in [0.4, 0.5) is 22.8 Å². The number of alkyl halides is 3. The van der Waals surface area contributed by atoms with Crippen LogP contribution < -0.4 is 14.8 Å². The Bertz CT molecular complexity index is 1310. The lowest BCUT2D eigenvalue weighted by atomic mass is 10.0. The molecule has 1 aliphatic heterocycles. The zero-order chi connectivity index (χ0) is 31.8. The van der Waals surface area contributed by atoms with E-state index in [-0.39, 0.29) is 29.9 Å². The number of nitrogens with zero attached hydrogens (tertiary/aromatic N) is 2. The summed E-state index contributed by atoms with van der Waals surface area (Å²) in [7, 11) is 3.05. The number of piperidine rings is 1. The fourth-order valence-electron chi connectivity index (χ4n) is 4.47. The number of benzene rings is 2. The molecule has 0 bridgehead atoms. The van der Waals surface area contributed by atoms with E-state index in [9.17, 15) is 27.6 Å². The first-order valence-corrected chi connectivity index (χ1v) is 13.9. The number of likely N-dealkylation sites (N-methyl/N-ethyl adjacent to an activating group) is 1. The third-order valence-electron chi connectivity index (χ3n) is 6.60. The first-order chi connectivity index (χ1) is 20.2. The van der Waals surface area contributed by atoms with Crippen molar-refractivity contribution in [3.63, 3.8) is 0 Å². The van der Waals surface area contributed by atoms with E-state index in [1.165, 1.54) is 36.4 Å². The SMILES string of the molecule is COc1cc(CC(=O)N/C=C/c2ccc(C(F)(F)F)cc2)ccc1OC(=O)N1CCCCC1CN(C)C(=O)OC(C)(C)C. The predicted octanol–water partition coefficient (Wildman–Crippen LogP) is 6.26. The summed E-state index contributed by atoms with van der Waals surface area (Å²) in [6.07, 6.45) is -0.206. The Morgan fingerprint density at radius 2 is 1.74 bits per heavy atom. The maximum absolute atomic E-state index is 13.2. The van der Waals surface area contributed by atoms with Gasteiger partial charge in [0.1, 0.15) is 5.60 Å². The van der Waals surface area contributed by atoms with Crippen LogP contribution in [-0.4, -0.2) is 66.8 Å². The summed E-state index contributed by atoms with van der Waals surface area (Å²) in [6, 6.07) is 9.07. The molecule has 0 spiro atoms. The number of nitrogens with one attached hydrogen (secondary N) is 1. The zero-order valence-electron chi connectivity index (χ0n) is 25.0. The summed E-state index contributed by atoms with van der Waals surface area (Å²) in [5.41, 5.74) is -0.301. The topological polar surface area (TPSA) is 97.4 Å². The van der Waals surface area contributed by atoms with Crippen molar-refractivity contribution in [2.75, 3.05) is 27.2 Å². The standard InChI is InChI=1S/C31H38F3N3O6/c1-30(2,3)43-28(39)36(4)20-24-8-6-7-17-37(24)29(40)42-25-14-11-22(18-26(25)41-5)19-27(38)35-16-15-21-9-12-23(13-10-21)31(32,33)34/h9-16,18,24H,6-8,17,19-20H2,1-5H3,(H,35,38)/b16-15+. The summed E-state index contributed by atoms with van der Waals surface area (Å²) in [5, 5.41) is 2.58. The highest BCUT2D eigenvalue weighted by Gasteiger charge is 2.32. The first kappa shape index (κ1) is 33.3. The van der Waals surface area contributed by atoms with E-state index in [1.54, 1.807) is 50.9 Å². The Labute approximate surface area is 249 Å². The van der Waals surface area contributed by atoms with Crippen molar-refractivity contribution in [2.24, 2.45) is 0 Å². The van der Waals surface area contributed by atoms with Gasteiger partial charge >= 0.3 is 18.4 Å². The van der Waals surface area contributed by atoms with Gasteiger partial charge < -0.3 is 29.3 Å². The summed E-state index contributed by atoms with van der Waals surface area (Å²) < 4.78 is 54.6. The van der Waals surface area contributed by atoms with Crippen LogP contribution in [0, 0.1) is 0 Å². The summed E-state index contributed by atoms with van der Waals surface area (Å²) in [4.78, 5) is 41.1. The highest BCUT2D eigenvalue weighted by Crippen LogP contribution is 2.31. The molecule has 0 saturated carbocycles. The number of hydrogen-bond acceptors (Lipinski definition) is 6. The molecule has 2 aromatic carbocycles. The quantitative estimate of drug-likeness (QED) is 0.381. The molecule has 1 atom stereocenters. The normalized spacial score (nSPS) is 15.6. The molecule has 3 rings (SSSR count). The van der Waals surface area contributed by atoms with Crippen molar-refractivity contribution < 1.29 is 41.8 Å². The van der Waals surface area contributed by atoms with Crippen molar-refractivity contribution >= 4 is 24.2 Å². The van der Waals surface area contributed by atoms with E-state index >= 15 is 0 Å². The highest BCUT2D eigenvalue weighted by atomic mass is 19.4. The fraction of sp³-hybridized carbons (Fsp3) is 0.452. The lowest BCUT2D eigenvalue weighted by Gasteiger charge is -2.37. The third kappa shape index (κ3) is 10.2. The molecule has 0 aromatic heterocycles. The molecule has 1 N–H and O–H groups in total. The van der Waals surface area contributed by atoms with Crippen LogP contribution in [0.1, 0.15) is 56.7 Å². The van der Waals surface area contributed by atoms with Crippen LogP contribution in [0.15, 0.2) is 48.7 Å². The van der Waals surface area contributed by atoms with Gasteiger partial charge in [-0.2, -0.15) is 13.2 Å². The number of rotatable bonds is 8. The maximum Gasteiger partial charge on any atom is 0.416 e. The fourth-order valence-corrected chi connectivity index (χ4v) is 4.47. The van der Waals surface area contributed by atoms with E-state index in [1.807, 2.05) is 0 Å². The average Bonchev–Trinajstić information content (AvgIpc) is 2.93. The third-order valence-corrected chi connectivity index (χ3v) is 6.60. The molecule has 0 aliphatic carbocycles. The average molecular weight is 606 g/mol. The van der Waals surface area contributed by atoms with Gasteiger partial charge in [0, 0.05) is 26.3 Å². The summed E-state index contributed by atoms with van der Waals surface area (Å²) >= 11 is 0. The second kappa shape index (κ2) is 14.3. The largest absolute Gasteiger partial charge is 0.493 e. The van der Waals surface area contributed by atoms with Gasteiger partial charge in [0.05, 0.1) is 25.1 Å². The lowest BCUT2D eigenvalue weighted by Crippen LogP contribution is -2.51. The molecule has 1 fully saturated rings. The van der Waals surface area contributed by atoms with Crippen molar-refractivity contribution in [2.45, 2.75) is 64.3 Å². The van der Waals surface area contributed by atoms with Gasteiger partial charge in [-0.05, 0) is 81.5 Å². The Morgan fingerprint density at radius 1 is 1.05 bits per heavy atom. The van der Waals surface area contributed by atoms with Gasteiger partial charge in [-0.3, -0.25) is 4.79 Å². The van der Waals surface area contributed by atoms with Crippen LogP contribution in [0.5, 0.6) is 11.5 Å². The molecule has 1 heterocycles. The van der Waals surface area contributed by atoms with Gasteiger partial charge in [-0.25, -0.2) is 9.59 Å². The Hall–Kier alpha value is -4.22. The predicted molar refractivity (Wildman–Crippen MR) is 155 cm³/mol. The van der Waals surface area contributed by atoms with Gasteiger partial charge in [0.25, 0.3) is 0 Å². The minimum absolute atomic E-state index is 0.0207. The molecule has 9 nitrogen and oxygen atoms in total. The van der Waals surface area contributed by atoms with Crippen molar-refractivity contribution in [1.29, 1.82) is 0 Å². The van der Waals surface area contributed by atoms with Crippen molar-refractivity contribution in [3.8, 4) is 11.5 Å². The minimum atomic E-state index is -4.42. The number of amides is 3. The number of carbonyl (C=O) groups is 3. The Morgan fingerprint density at radius 3 is 2.37 bits per heavy atom. The van der Waals surface area contributed by atoms with E-state index in [4.69, 9.17) is 14.2 Å². The molecule has 1 aliphatic rings. The van der Waals surface area contributed by atoms with E-state index in [2.05, 4.69) is 5.32 Å². The van der Waals surface area contributed by atoms with Crippen molar-refractivity contribution in [1.82, 2.24) is 15.1 Å². The van der Waals surface area contributed by atoms with Gasteiger partial charge in [-0.15, -0.1) is 0 Å². The number of hydrogen-bond donors (Lipinski definition) is 1. The number of carbonyl (C=O) groups excluding carboxylic acids is 3. The monoisotopic (exact) mass is 605 g/mol. The molecule has 12 heteroatoms. The van der Waals surface area contributed by atoms with Crippen molar-refractivity contribution in [3.05, 3.63) is 65.4 Å². The van der Waals surface area contributed by atoms with Crippen LogP contribution >= 0.6 is 0 Å². The first-order valence-electron chi connectivity index (χ1n) is 13.9. The van der Waals surface area contributed by atoms with E-state index < -0.39 is 29.5 Å². The Balaban J connectivity index is 1.58. The molecule has 3 amide bonds. The molecule has 234 valence electrons. The van der Waals surface area contributed by atoms with Crippen LogP contribution in [0.3, 0.4) is 0 Å². The molecule has 43 heavy (non-hydrogen) atoms. The smallest absolute Gasteiger partial charge is 0.416 e. The van der Waals surface area contributed by atoms with Crippen LogP contribution in [0.2, 0.25) is 0 Å². The molecular formula is C31H38F3N3O6.